The number of thioether (sulfide) groups is 1. The summed E-state index contributed by atoms with van der Waals surface area (Å²) in [5.74, 6) is -0.354. The van der Waals surface area contributed by atoms with E-state index in [2.05, 4.69) is 20.3 Å². The normalized spacial score (nSPS) is 11.3. The Hall–Kier alpha value is -2.88. The third kappa shape index (κ3) is 4.60. The van der Waals surface area contributed by atoms with E-state index in [-0.39, 0.29) is 22.4 Å². The van der Waals surface area contributed by atoms with Crippen LogP contribution in [0, 0.1) is 0 Å². The second kappa shape index (κ2) is 7.56. The van der Waals surface area contributed by atoms with Gasteiger partial charge in [-0.05, 0) is 24.3 Å². The number of amides is 1. The molecule has 0 bridgehead atoms. The number of pyridine rings is 1. The maximum absolute atomic E-state index is 13.1. The van der Waals surface area contributed by atoms with Gasteiger partial charge in [0, 0.05) is 6.07 Å². The molecule has 1 amide bonds. The molecule has 0 aliphatic rings. The van der Waals surface area contributed by atoms with Crippen molar-refractivity contribution in [3.8, 4) is 11.5 Å². The highest BCUT2D eigenvalue weighted by molar-refractivity contribution is 7.99. The van der Waals surface area contributed by atoms with Crippen molar-refractivity contribution in [1.82, 2.24) is 9.97 Å². The van der Waals surface area contributed by atoms with Crippen molar-refractivity contribution in [2.24, 2.45) is 0 Å². The van der Waals surface area contributed by atoms with Crippen LogP contribution in [0.4, 0.5) is 18.9 Å². The third-order valence-corrected chi connectivity index (χ3v) is 3.94. The molecular formula is C16H12F3N4O2S+. The van der Waals surface area contributed by atoms with E-state index in [1.165, 1.54) is 12.3 Å². The molecule has 10 heteroatoms. The zero-order valence-electron chi connectivity index (χ0n) is 13.1. The standard InChI is InChI=1S/C16H11F3N4O2S/c17-16(18,19)13-7-11(12-4-2-6-25-12)22-15(23-13)26-9-14(24)21-10-3-1-5-20-8-10/h1-8H,9H2,(H,21,24)/p+1. The van der Waals surface area contributed by atoms with E-state index in [4.69, 9.17) is 4.42 Å². The molecule has 6 nitrogen and oxygen atoms in total. The van der Waals surface area contributed by atoms with Gasteiger partial charge in [-0.3, -0.25) is 4.79 Å². The molecule has 3 rings (SSSR count). The number of nitrogens with one attached hydrogen (secondary N) is 2. The number of hydrogen-bond donors (Lipinski definition) is 1. The van der Waals surface area contributed by atoms with Crippen LogP contribution in [0.5, 0.6) is 0 Å². The van der Waals surface area contributed by atoms with Crippen LogP contribution in [-0.4, -0.2) is 21.6 Å². The van der Waals surface area contributed by atoms with Crippen LogP contribution >= 0.6 is 11.8 Å². The van der Waals surface area contributed by atoms with Gasteiger partial charge in [-0.25, -0.2) is 15.0 Å². The third-order valence-electron chi connectivity index (χ3n) is 3.09. The van der Waals surface area contributed by atoms with Crippen molar-refractivity contribution < 1.29 is 27.4 Å². The number of nitrogens with zero attached hydrogens (tertiary/aromatic N) is 2. The number of aromatic nitrogens is 3. The van der Waals surface area contributed by atoms with Gasteiger partial charge in [0.25, 0.3) is 0 Å². The van der Waals surface area contributed by atoms with Crippen molar-refractivity contribution in [2.45, 2.75) is 11.3 Å². The zero-order valence-corrected chi connectivity index (χ0v) is 13.9. The Kier molecular flexibility index (Phi) is 5.21. The van der Waals surface area contributed by atoms with Gasteiger partial charge in [0.15, 0.2) is 23.3 Å². The number of furan rings is 1. The van der Waals surface area contributed by atoms with Crippen LogP contribution in [0.3, 0.4) is 0 Å². The Bertz CT molecular complexity index is 886. The topological polar surface area (TPSA) is 82.2 Å². The van der Waals surface area contributed by atoms with E-state index in [0.717, 1.165) is 17.8 Å². The summed E-state index contributed by atoms with van der Waals surface area (Å²) in [6.07, 6.45) is -0.0427. The van der Waals surface area contributed by atoms with Gasteiger partial charge in [-0.2, -0.15) is 13.2 Å². The number of halogens is 3. The lowest BCUT2D eigenvalue weighted by Gasteiger charge is -2.09. The van der Waals surface area contributed by atoms with Gasteiger partial charge < -0.3 is 9.73 Å². The van der Waals surface area contributed by atoms with Gasteiger partial charge in [-0.1, -0.05) is 11.8 Å². The molecular weight excluding hydrogens is 369 g/mol. The molecule has 0 radical (unpaired) electrons. The van der Waals surface area contributed by atoms with Crippen molar-refractivity contribution in [1.29, 1.82) is 0 Å². The smallest absolute Gasteiger partial charge is 0.433 e. The molecule has 26 heavy (non-hydrogen) atoms. The quantitative estimate of drug-likeness (QED) is 0.542. The molecule has 0 fully saturated rings. The van der Waals surface area contributed by atoms with E-state index in [1.54, 1.807) is 30.6 Å². The number of H-pyrrole nitrogens is 1. The first kappa shape index (κ1) is 17.9. The Morgan fingerprint density at radius 1 is 1.27 bits per heavy atom. The summed E-state index contributed by atoms with van der Waals surface area (Å²) in [6.45, 7) is 0. The lowest BCUT2D eigenvalue weighted by molar-refractivity contribution is -0.377. The van der Waals surface area contributed by atoms with Crippen LogP contribution in [0.15, 0.2) is 58.6 Å². The first-order chi connectivity index (χ1) is 12.4. The number of alkyl halides is 3. The van der Waals surface area contributed by atoms with Crippen LogP contribution in [0.1, 0.15) is 5.69 Å². The summed E-state index contributed by atoms with van der Waals surface area (Å²) in [7, 11) is 0. The monoisotopic (exact) mass is 381 g/mol. The minimum absolute atomic E-state index is 0.00195. The molecule has 0 aromatic carbocycles. The van der Waals surface area contributed by atoms with Crippen molar-refractivity contribution in [3.05, 3.63) is 54.7 Å². The highest BCUT2D eigenvalue weighted by Crippen LogP contribution is 2.32. The lowest BCUT2D eigenvalue weighted by atomic mass is 10.2. The molecule has 3 aromatic rings. The minimum Gasteiger partial charge on any atom is -0.463 e. The van der Waals surface area contributed by atoms with E-state index in [0.29, 0.717) is 5.69 Å². The van der Waals surface area contributed by atoms with E-state index in [9.17, 15) is 18.0 Å². The summed E-state index contributed by atoms with van der Waals surface area (Å²) in [4.78, 5) is 22.3. The Morgan fingerprint density at radius 2 is 2.12 bits per heavy atom. The maximum atomic E-state index is 13.1. The molecule has 0 spiro atoms. The highest BCUT2D eigenvalue weighted by Gasteiger charge is 2.34. The molecule has 0 atom stereocenters. The molecule has 0 aliphatic heterocycles. The molecule has 0 saturated heterocycles. The van der Waals surface area contributed by atoms with Crippen molar-refractivity contribution in [3.63, 3.8) is 0 Å². The van der Waals surface area contributed by atoms with Gasteiger partial charge in [0.1, 0.15) is 17.1 Å². The molecule has 2 N–H and O–H groups in total. The number of carbonyl (C=O) groups excluding carboxylic acids is 1. The predicted molar refractivity (Wildman–Crippen MR) is 87.1 cm³/mol. The van der Waals surface area contributed by atoms with E-state index in [1.807, 2.05) is 0 Å². The Labute approximate surface area is 149 Å². The van der Waals surface area contributed by atoms with E-state index < -0.39 is 17.8 Å². The summed E-state index contributed by atoms with van der Waals surface area (Å²) in [5, 5.41) is 2.45. The average molecular weight is 381 g/mol. The number of aromatic amines is 1. The van der Waals surface area contributed by atoms with Crippen LogP contribution in [-0.2, 0) is 11.0 Å². The van der Waals surface area contributed by atoms with Gasteiger partial charge in [0.2, 0.25) is 5.91 Å². The fourth-order valence-electron chi connectivity index (χ4n) is 1.98. The second-order valence-corrected chi connectivity index (χ2v) is 5.97. The minimum atomic E-state index is -4.64. The fourth-order valence-corrected chi connectivity index (χ4v) is 2.64. The Balaban J connectivity index is 1.76. The first-order valence-corrected chi connectivity index (χ1v) is 8.29. The second-order valence-electron chi connectivity index (χ2n) is 5.03. The molecule has 0 saturated carbocycles. The Morgan fingerprint density at radius 3 is 2.77 bits per heavy atom. The number of anilines is 1. The molecule has 0 unspecified atom stereocenters. The highest BCUT2D eigenvalue weighted by atomic mass is 32.2. The summed E-state index contributed by atoms with van der Waals surface area (Å²) >= 11 is 0.803. The SMILES string of the molecule is O=C(CSc1nc(-c2ccco2)cc(C(F)(F)F)n1)Nc1ccc[nH+]c1. The van der Waals surface area contributed by atoms with Crippen molar-refractivity contribution >= 4 is 23.4 Å². The summed E-state index contributed by atoms with van der Waals surface area (Å²) in [5.41, 5.74) is -0.559. The number of rotatable bonds is 5. The zero-order chi connectivity index (χ0) is 18.6. The lowest BCUT2D eigenvalue weighted by Crippen LogP contribution is -2.16. The van der Waals surface area contributed by atoms with E-state index >= 15 is 0 Å². The molecule has 3 aromatic heterocycles. The first-order valence-electron chi connectivity index (χ1n) is 7.31. The van der Waals surface area contributed by atoms with Crippen molar-refractivity contribution in [2.75, 3.05) is 11.1 Å². The summed E-state index contributed by atoms with van der Waals surface area (Å²) in [6, 6.07) is 7.23. The fraction of sp³-hybridized carbons (Fsp3) is 0.125. The van der Waals surface area contributed by atoms with Crippen LogP contribution < -0.4 is 10.3 Å². The van der Waals surface area contributed by atoms with Gasteiger partial charge in [0.05, 0.1) is 12.0 Å². The molecule has 3 heterocycles. The largest absolute Gasteiger partial charge is 0.463 e. The van der Waals surface area contributed by atoms with Crippen LogP contribution in [0.25, 0.3) is 11.5 Å². The molecule has 134 valence electrons. The summed E-state index contributed by atoms with van der Waals surface area (Å²) < 4.78 is 44.3. The predicted octanol–water partition coefficient (Wildman–Crippen LogP) is 3.30. The van der Waals surface area contributed by atoms with Crippen LogP contribution in [0.2, 0.25) is 0 Å². The van der Waals surface area contributed by atoms with Gasteiger partial charge in [-0.15, -0.1) is 0 Å². The number of hydrogen-bond acceptors (Lipinski definition) is 5. The maximum Gasteiger partial charge on any atom is 0.433 e. The average Bonchev–Trinajstić information content (AvgIpc) is 3.14. The molecule has 0 aliphatic carbocycles. The number of carbonyl (C=O) groups is 1. The van der Waals surface area contributed by atoms with Gasteiger partial charge >= 0.3 is 6.18 Å².